The molecule has 0 bridgehead atoms. The first kappa shape index (κ1) is 21.0. The number of aryl methyl sites for hydroxylation is 1. The number of hydrogen-bond donors (Lipinski definition) is 1. The van der Waals surface area contributed by atoms with E-state index in [0.717, 1.165) is 33.2 Å². The van der Waals surface area contributed by atoms with Gasteiger partial charge >= 0.3 is 0 Å². The van der Waals surface area contributed by atoms with Gasteiger partial charge < -0.3 is 14.8 Å². The SMILES string of the molecule is Cc1cc(-c2csc(NC(=O)CN3CSCC3=O)n2)c(C)n1Cc1ccccc1Cl. The molecule has 9 heteroatoms. The molecule has 0 saturated carbocycles. The number of amides is 2. The van der Waals surface area contributed by atoms with Gasteiger partial charge in [-0.25, -0.2) is 4.98 Å². The highest BCUT2D eigenvalue weighted by Gasteiger charge is 2.23. The van der Waals surface area contributed by atoms with Gasteiger partial charge in [-0.1, -0.05) is 29.8 Å². The Kier molecular flexibility index (Phi) is 6.17. The molecule has 3 heterocycles. The molecule has 4 rings (SSSR count). The van der Waals surface area contributed by atoms with Crippen molar-refractivity contribution < 1.29 is 9.59 Å². The van der Waals surface area contributed by atoms with Crippen LogP contribution >= 0.6 is 34.7 Å². The van der Waals surface area contributed by atoms with E-state index >= 15 is 0 Å². The molecule has 0 unspecified atom stereocenters. The Morgan fingerprint density at radius 3 is 2.83 bits per heavy atom. The number of rotatable bonds is 6. The smallest absolute Gasteiger partial charge is 0.245 e. The van der Waals surface area contributed by atoms with E-state index in [1.165, 1.54) is 23.1 Å². The highest BCUT2D eigenvalue weighted by molar-refractivity contribution is 8.00. The van der Waals surface area contributed by atoms with Crippen molar-refractivity contribution in [3.8, 4) is 11.3 Å². The Morgan fingerprint density at radius 1 is 1.30 bits per heavy atom. The van der Waals surface area contributed by atoms with E-state index < -0.39 is 0 Å². The van der Waals surface area contributed by atoms with Crippen LogP contribution in [0.25, 0.3) is 11.3 Å². The van der Waals surface area contributed by atoms with E-state index in [-0.39, 0.29) is 18.4 Å². The molecule has 0 atom stereocenters. The molecule has 1 N–H and O–H groups in total. The van der Waals surface area contributed by atoms with E-state index in [1.807, 2.05) is 29.6 Å². The zero-order valence-electron chi connectivity index (χ0n) is 16.6. The molecular weight excluding hydrogens is 440 g/mol. The average Bonchev–Trinajstić information content (AvgIpc) is 3.40. The fourth-order valence-corrected chi connectivity index (χ4v) is 5.25. The zero-order chi connectivity index (χ0) is 21.3. The van der Waals surface area contributed by atoms with Gasteiger partial charge in [-0.05, 0) is 31.5 Å². The summed E-state index contributed by atoms with van der Waals surface area (Å²) in [5.74, 6) is 0.780. The van der Waals surface area contributed by atoms with Crippen LogP contribution in [0.5, 0.6) is 0 Å². The lowest BCUT2D eigenvalue weighted by atomic mass is 10.2. The maximum absolute atomic E-state index is 12.3. The predicted molar refractivity (Wildman–Crippen MR) is 123 cm³/mol. The third kappa shape index (κ3) is 4.40. The molecule has 156 valence electrons. The summed E-state index contributed by atoms with van der Waals surface area (Å²) in [6, 6.07) is 9.94. The standard InChI is InChI=1S/C21H21ClN4O2S2/c1-13-7-16(14(2)26(13)8-15-5-3-4-6-17(15)22)18-10-30-21(23-18)24-19(27)9-25-12-29-11-20(25)28/h3-7,10H,8-9,11-12H2,1-2H3,(H,23,24,27). The Balaban J connectivity index is 1.49. The number of thiazole rings is 1. The maximum atomic E-state index is 12.3. The predicted octanol–water partition coefficient (Wildman–Crippen LogP) is 4.40. The number of anilines is 1. The number of hydrogen-bond acceptors (Lipinski definition) is 5. The van der Waals surface area contributed by atoms with Crippen molar-refractivity contribution >= 4 is 51.6 Å². The molecule has 6 nitrogen and oxygen atoms in total. The molecule has 1 aliphatic heterocycles. The van der Waals surface area contributed by atoms with Gasteiger partial charge in [0.1, 0.15) is 6.54 Å². The molecule has 30 heavy (non-hydrogen) atoms. The number of carbonyl (C=O) groups is 2. The van der Waals surface area contributed by atoms with E-state index in [1.54, 1.807) is 4.90 Å². The second kappa shape index (κ2) is 8.83. The van der Waals surface area contributed by atoms with Crippen LogP contribution in [0.1, 0.15) is 17.0 Å². The third-order valence-electron chi connectivity index (χ3n) is 5.05. The molecule has 1 saturated heterocycles. The zero-order valence-corrected chi connectivity index (χ0v) is 19.0. The number of nitrogens with one attached hydrogen (secondary N) is 1. The molecule has 2 amide bonds. The second-order valence-electron chi connectivity index (χ2n) is 7.12. The normalized spacial score (nSPS) is 13.8. The fraction of sp³-hybridized carbons (Fsp3) is 0.286. The summed E-state index contributed by atoms with van der Waals surface area (Å²) in [5, 5.41) is 6.03. The van der Waals surface area contributed by atoms with Crippen LogP contribution in [0.2, 0.25) is 5.02 Å². The van der Waals surface area contributed by atoms with E-state index in [0.29, 0.717) is 23.3 Å². The Bertz CT molecular complexity index is 1110. The van der Waals surface area contributed by atoms with Crippen LogP contribution in [-0.4, -0.2) is 44.4 Å². The molecule has 0 aliphatic carbocycles. The summed E-state index contributed by atoms with van der Waals surface area (Å²) < 4.78 is 2.21. The lowest BCUT2D eigenvalue weighted by Gasteiger charge is -2.13. The third-order valence-corrected chi connectivity index (χ3v) is 7.12. The van der Waals surface area contributed by atoms with Gasteiger partial charge in [0, 0.05) is 33.9 Å². The van der Waals surface area contributed by atoms with Gasteiger partial charge in [-0.15, -0.1) is 23.1 Å². The first-order valence-electron chi connectivity index (χ1n) is 9.44. The summed E-state index contributed by atoms with van der Waals surface area (Å²) in [5.41, 5.74) is 5.12. The lowest BCUT2D eigenvalue weighted by molar-refractivity contribution is -0.130. The van der Waals surface area contributed by atoms with Crippen LogP contribution in [0, 0.1) is 13.8 Å². The Labute approximate surface area is 188 Å². The van der Waals surface area contributed by atoms with Crippen molar-refractivity contribution in [3.05, 3.63) is 57.7 Å². The highest BCUT2D eigenvalue weighted by atomic mass is 35.5. The van der Waals surface area contributed by atoms with Crippen molar-refractivity contribution in [1.82, 2.24) is 14.5 Å². The van der Waals surface area contributed by atoms with E-state index in [2.05, 4.69) is 34.8 Å². The molecule has 0 radical (unpaired) electrons. The molecule has 1 fully saturated rings. The summed E-state index contributed by atoms with van der Waals surface area (Å²) in [6.07, 6.45) is 0. The first-order valence-corrected chi connectivity index (χ1v) is 11.8. The van der Waals surface area contributed by atoms with Gasteiger partial charge in [0.15, 0.2) is 5.13 Å². The van der Waals surface area contributed by atoms with Crippen molar-refractivity contribution in [2.24, 2.45) is 0 Å². The minimum atomic E-state index is -0.226. The van der Waals surface area contributed by atoms with E-state index in [9.17, 15) is 9.59 Å². The number of thioether (sulfide) groups is 1. The Morgan fingerprint density at radius 2 is 2.10 bits per heavy atom. The van der Waals surface area contributed by atoms with Crippen molar-refractivity contribution in [2.75, 3.05) is 23.5 Å². The molecule has 1 aliphatic rings. The number of nitrogens with zero attached hydrogens (tertiary/aromatic N) is 3. The van der Waals surface area contributed by atoms with Crippen LogP contribution in [-0.2, 0) is 16.1 Å². The minimum absolute atomic E-state index is 0.000868. The largest absolute Gasteiger partial charge is 0.344 e. The van der Waals surface area contributed by atoms with Gasteiger partial charge in [0.2, 0.25) is 11.8 Å². The number of aromatic nitrogens is 2. The fourth-order valence-electron chi connectivity index (χ4n) is 3.43. The molecule has 2 aromatic heterocycles. The van der Waals surface area contributed by atoms with Gasteiger partial charge in [-0.2, -0.15) is 0 Å². The molecule has 1 aromatic carbocycles. The summed E-state index contributed by atoms with van der Waals surface area (Å²) >= 11 is 9.23. The van der Waals surface area contributed by atoms with Crippen molar-refractivity contribution in [3.63, 3.8) is 0 Å². The minimum Gasteiger partial charge on any atom is -0.344 e. The number of carbonyl (C=O) groups excluding carboxylic acids is 2. The monoisotopic (exact) mass is 460 g/mol. The van der Waals surface area contributed by atoms with Gasteiger partial charge in [-0.3, -0.25) is 9.59 Å². The topological polar surface area (TPSA) is 67.2 Å². The number of benzene rings is 1. The second-order valence-corrected chi connectivity index (χ2v) is 9.34. The quantitative estimate of drug-likeness (QED) is 0.592. The van der Waals surface area contributed by atoms with Crippen LogP contribution < -0.4 is 5.32 Å². The molecule has 3 aromatic rings. The molecule has 0 spiro atoms. The summed E-state index contributed by atoms with van der Waals surface area (Å²) in [4.78, 5) is 30.1. The van der Waals surface area contributed by atoms with Gasteiger partial charge in [0.05, 0.1) is 17.3 Å². The average molecular weight is 461 g/mol. The number of halogens is 1. The van der Waals surface area contributed by atoms with Crippen LogP contribution in [0.15, 0.2) is 35.7 Å². The van der Waals surface area contributed by atoms with Crippen molar-refractivity contribution in [2.45, 2.75) is 20.4 Å². The van der Waals surface area contributed by atoms with Crippen LogP contribution in [0.4, 0.5) is 5.13 Å². The summed E-state index contributed by atoms with van der Waals surface area (Å²) in [6.45, 7) is 4.88. The lowest BCUT2D eigenvalue weighted by Crippen LogP contribution is -2.34. The van der Waals surface area contributed by atoms with Crippen LogP contribution in [0.3, 0.4) is 0 Å². The Hall–Kier alpha value is -2.29. The summed E-state index contributed by atoms with van der Waals surface area (Å²) in [7, 11) is 0. The first-order chi connectivity index (χ1) is 14.4. The van der Waals surface area contributed by atoms with Gasteiger partial charge in [0.25, 0.3) is 0 Å². The molecular formula is C21H21ClN4O2S2. The van der Waals surface area contributed by atoms with E-state index in [4.69, 9.17) is 11.6 Å². The van der Waals surface area contributed by atoms with Crippen molar-refractivity contribution in [1.29, 1.82) is 0 Å². The maximum Gasteiger partial charge on any atom is 0.245 e. The highest BCUT2D eigenvalue weighted by Crippen LogP contribution is 2.31.